The molecule has 1 amide bonds. The number of hydrogen-bond donors (Lipinski definition) is 3. The normalized spacial score (nSPS) is 19.5. The largest absolute Gasteiger partial charge is 0.482 e. The lowest BCUT2D eigenvalue weighted by Crippen LogP contribution is -2.26. The van der Waals surface area contributed by atoms with Crippen molar-refractivity contribution in [3.05, 3.63) is 12.1 Å². The number of carbonyl (C=O) groups excluding carboxylic acids is 1. The third kappa shape index (κ3) is 2.08. The highest BCUT2D eigenvalue weighted by atomic mass is 16.5. The van der Waals surface area contributed by atoms with Crippen LogP contribution in [0.4, 0.5) is 17.1 Å². The summed E-state index contributed by atoms with van der Waals surface area (Å²) >= 11 is 0. The van der Waals surface area contributed by atoms with Gasteiger partial charge in [0.15, 0.2) is 6.61 Å². The maximum atomic E-state index is 11.3. The molecule has 1 aliphatic carbocycles. The molecule has 5 heteroatoms. The summed E-state index contributed by atoms with van der Waals surface area (Å²) in [6, 6.07) is 4.02. The van der Waals surface area contributed by atoms with E-state index in [4.69, 9.17) is 10.5 Å². The fraction of sp³-hybridized carbons (Fsp3) is 0.462. The number of anilines is 3. The van der Waals surface area contributed by atoms with E-state index in [0.717, 1.165) is 11.6 Å². The van der Waals surface area contributed by atoms with Gasteiger partial charge >= 0.3 is 0 Å². The van der Waals surface area contributed by atoms with Crippen LogP contribution in [0.25, 0.3) is 0 Å². The molecule has 96 valence electrons. The minimum atomic E-state index is -0.131. The zero-order valence-electron chi connectivity index (χ0n) is 10.3. The lowest BCUT2D eigenvalue weighted by molar-refractivity contribution is -0.118. The molecular formula is C13H17N3O2. The minimum absolute atomic E-state index is 0.0533. The smallest absolute Gasteiger partial charge is 0.262 e. The molecule has 0 saturated heterocycles. The molecule has 3 rings (SSSR count). The van der Waals surface area contributed by atoms with Crippen molar-refractivity contribution in [2.45, 2.75) is 25.8 Å². The van der Waals surface area contributed by atoms with E-state index in [9.17, 15) is 4.79 Å². The van der Waals surface area contributed by atoms with Crippen molar-refractivity contribution in [2.75, 3.05) is 23.0 Å². The zero-order chi connectivity index (χ0) is 12.7. The number of benzene rings is 1. The summed E-state index contributed by atoms with van der Waals surface area (Å²) in [6.45, 7) is 2.21. The summed E-state index contributed by atoms with van der Waals surface area (Å²) in [5.74, 6) is 1.25. The second kappa shape index (κ2) is 4.08. The summed E-state index contributed by atoms with van der Waals surface area (Å²) < 4.78 is 5.32. The summed E-state index contributed by atoms with van der Waals surface area (Å²) in [6.07, 6.45) is 2.55. The van der Waals surface area contributed by atoms with Crippen molar-refractivity contribution in [1.29, 1.82) is 0 Å². The SMILES string of the molecule is CC(Nc1cc2c(cc1N)OCC(=O)N2)C1CC1. The van der Waals surface area contributed by atoms with Gasteiger partial charge in [-0.2, -0.15) is 0 Å². The molecule has 2 aliphatic rings. The Bertz CT molecular complexity index is 497. The molecule has 0 radical (unpaired) electrons. The molecule has 1 fully saturated rings. The van der Waals surface area contributed by atoms with Crippen molar-refractivity contribution in [2.24, 2.45) is 5.92 Å². The number of ether oxygens (including phenoxy) is 1. The number of nitrogen functional groups attached to an aromatic ring is 1. The number of carbonyl (C=O) groups is 1. The topological polar surface area (TPSA) is 76.4 Å². The molecule has 18 heavy (non-hydrogen) atoms. The number of nitrogens with one attached hydrogen (secondary N) is 2. The Morgan fingerprint density at radius 1 is 1.50 bits per heavy atom. The molecule has 1 aromatic rings. The molecule has 1 atom stereocenters. The Hall–Kier alpha value is -1.91. The Balaban J connectivity index is 1.85. The summed E-state index contributed by atoms with van der Waals surface area (Å²) in [7, 11) is 0. The average Bonchev–Trinajstić information content (AvgIpc) is 3.14. The van der Waals surface area contributed by atoms with E-state index < -0.39 is 0 Å². The Morgan fingerprint density at radius 3 is 3.00 bits per heavy atom. The van der Waals surface area contributed by atoms with E-state index in [2.05, 4.69) is 17.6 Å². The number of nitrogens with two attached hydrogens (primary N) is 1. The molecule has 0 bridgehead atoms. The monoisotopic (exact) mass is 247 g/mol. The molecule has 1 saturated carbocycles. The standard InChI is InChI=1S/C13H17N3O2/c1-7(8-2-3-8)15-10-5-11-12(4-9(10)14)18-6-13(17)16-11/h4-5,7-8,15H,2-3,6,14H2,1H3,(H,16,17). The fourth-order valence-corrected chi connectivity index (χ4v) is 2.23. The van der Waals surface area contributed by atoms with E-state index in [1.165, 1.54) is 12.8 Å². The highest BCUT2D eigenvalue weighted by Gasteiger charge is 2.28. The number of fused-ring (bicyclic) bond motifs is 1. The molecule has 5 nitrogen and oxygen atoms in total. The zero-order valence-corrected chi connectivity index (χ0v) is 10.3. The van der Waals surface area contributed by atoms with Gasteiger partial charge in [-0.05, 0) is 31.7 Å². The van der Waals surface area contributed by atoms with Gasteiger partial charge in [0, 0.05) is 12.1 Å². The van der Waals surface area contributed by atoms with Crippen LogP contribution in [-0.4, -0.2) is 18.6 Å². The maximum absolute atomic E-state index is 11.3. The third-order valence-corrected chi connectivity index (χ3v) is 3.50. The van der Waals surface area contributed by atoms with Crippen molar-refractivity contribution in [3.63, 3.8) is 0 Å². The van der Waals surface area contributed by atoms with Gasteiger partial charge in [-0.1, -0.05) is 0 Å². The van der Waals surface area contributed by atoms with Crippen LogP contribution in [-0.2, 0) is 4.79 Å². The predicted molar refractivity (Wildman–Crippen MR) is 70.8 cm³/mol. The Labute approximate surface area is 106 Å². The first-order valence-corrected chi connectivity index (χ1v) is 6.26. The molecule has 1 aliphatic heterocycles. The van der Waals surface area contributed by atoms with Crippen LogP contribution >= 0.6 is 0 Å². The van der Waals surface area contributed by atoms with Gasteiger partial charge in [0.2, 0.25) is 0 Å². The first-order chi connectivity index (χ1) is 8.63. The van der Waals surface area contributed by atoms with Crippen LogP contribution < -0.4 is 21.1 Å². The summed E-state index contributed by atoms with van der Waals surface area (Å²) in [4.78, 5) is 11.3. The highest BCUT2D eigenvalue weighted by molar-refractivity contribution is 5.97. The molecule has 1 aromatic carbocycles. The van der Waals surface area contributed by atoms with E-state index in [1.54, 1.807) is 6.07 Å². The minimum Gasteiger partial charge on any atom is -0.482 e. The second-order valence-corrected chi connectivity index (χ2v) is 5.04. The van der Waals surface area contributed by atoms with Crippen LogP contribution in [0.2, 0.25) is 0 Å². The van der Waals surface area contributed by atoms with Crippen molar-refractivity contribution < 1.29 is 9.53 Å². The van der Waals surface area contributed by atoms with Crippen LogP contribution in [0, 0.1) is 5.92 Å². The molecule has 1 heterocycles. The lowest BCUT2D eigenvalue weighted by Gasteiger charge is -2.22. The first kappa shape index (κ1) is 11.2. The Kier molecular flexibility index (Phi) is 2.54. The van der Waals surface area contributed by atoms with Gasteiger partial charge in [-0.3, -0.25) is 4.79 Å². The van der Waals surface area contributed by atoms with E-state index in [-0.39, 0.29) is 12.5 Å². The van der Waals surface area contributed by atoms with Crippen molar-refractivity contribution in [1.82, 2.24) is 0 Å². The van der Waals surface area contributed by atoms with E-state index in [1.807, 2.05) is 6.07 Å². The average molecular weight is 247 g/mol. The van der Waals surface area contributed by atoms with Crippen LogP contribution in [0.15, 0.2) is 12.1 Å². The Morgan fingerprint density at radius 2 is 2.28 bits per heavy atom. The first-order valence-electron chi connectivity index (χ1n) is 6.26. The summed E-state index contributed by atoms with van der Waals surface area (Å²) in [5, 5.41) is 6.19. The second-order valence-electron chi connectivity index (χ2n) is 5.04. The van der Waals surface area contributed by atoms with Gasteiger partial charge in [-0.15, -0.1) is 0 Å². The summed E-state index contributed by atoms with van der Waals surface area (Å²) in [5.41, 5.74) is 8.19. The van der Waals surface area contributed by atoms with Crippen molar-refractivity contribution >= 4 is 23.0 Å². The molecular weight excluding hydrogens is 230 g/mol. The molecule has 0 aromatic heterocycles. The van der Waals surface area contributed by atoms with Crippen LogP contribution in [0.3, 0.4) is 0 Å². The van der Waals surface area contributed by atoms with Gasteiger partial charge < -0.3 is 21.1 Å². The van der Waals surface area contributed by atoms with Crippen molar-refractivity contribution in [3.8, 4) is 5.75 Å². The number of hydrogen-bond acceptors (Lipinski definition) is 4. The van der Waals surface area contributed by atoms with Gasteiger partial charge in [0.25, 0.3) is 5.91 Å². The van der Waals surface area contributed by atoms with Crippen LogP contribution in [0.1, 0.15) is 19.8 Å². The van der Waals surface area contributed by atoms with Crippen LogP contribution in [0.5, 0.6) is 5.75 Å². The van der Waals surface area contributed by atoms with E-state index in [0.29, 0.717) is 23.2 Å². The van der Waals surface area contributed by atoms with E-state index >= 15 is 0 Å². The fourth-order valence-electron chi connectivity index (χ4n) is 2.23. The number of amides is 1. The quantitative estimate of drug-likeness (QED) is 0.712. The third-order valence-electron chi connectivity index (χ3n) is 3.50. The van der Waals surface area contributed by atoms with Gasteiger partial charge in [-0.25, -0.2) is 0 Å². The highest BCUT2D eigenvalue weighted by Crippen LogP contribution is 2.38. The molecule has 0 spiro atoms. The molecule has 4 N–H and O–H groups in total. The predicted octanol–water partition coefficient (Wildman–Crippen LogP) is 1.81. The maximum Gasteiger partial charge on any atom is 0.262 e. The van der Waals surface area contributed by atoms with Gasteiger partial charge in [0.05, 0.1) is 17.1 Å². The molecule has 1 unspecified atom stereocenters. The lowest BCUT2D eigenvalue weighted by atomic mass is 10.1. The van der Waals surface area contributed by atoms with Gasteiger partial charge in [0.1, 0.15) is 5.75 Å². The number of rotatable bonds is 3.